The number of thiazole rings is 1. The van der Waals surface area contributed by atoms with Crippen LogP contribution in [0.25, 0.3) is 10.2 Å². The van der Waals surface area contributed by atoms with Crippen LogP contribution in [0.4, 0.5) is 5.69 Å². The van der Waals surface area contributed by atoms with Crippen molar-refractivity contribution in [1.82, 2.24) is 25.2 Å². The highest BCUT2D eigenvalue weighted by Crippen LogP contribution is 2.36. The Morgan fingerprint density at radius 1 is 1.48 bits per heavy atom. The van der Waals surface area contributed by atoms with E-state index in [1.54, 1.807) is 11.3 Å². The molecular formula is C14H14N6OS2. The van der Waals surface area contributed by atoms with Gasteiger partial charge in [0.15, 0.2) is 0 Å². The molecule has 23 heavy (non-hydrogen) atoms. The molecule has 0 aliphatic heterocycles. The Kier molecular flexibility index (Phi) is 3.74. The maximum absolute atomic E-state index is 12.1. The van der Waals surface area contributed by atoms with Crippen LogP contribution in [0, 0.1) is 6.92 Å². The van der Waals surface area contributed by atoms with Crippen LogP contribution in [0.3, 0.4) is 0 Å². The highest BCUT2D eigenvalue weighted by atomic mass is 32.2. The Bertz CT molecular complexity index is 869. The van der Waals surface area contributed by atoms with Gasteiger partial charge in [-0.2, -0.15) is 0 Å². The third-order valence-corrected chi connectivity index (χ3v) is 5.33. The largest absolute Gasteiger partial charge is 0.325 e. The third kappa shape index (κ3) is 3.20. The molecule has 2 heterocycles. The number of carbonyl (C=O) groups is 1. The second-order valence-electron chi connectivity index (χ2n) is 5.39. The van der Waals surface area contributed by atoms with Gasteiger partial charge in [0.05, 0.1) is 27.0 Å². The summed E-state index contributed by atoms with van der Waals surface area (Å²) in [4.78, 5) is 16.5. The topological polar surface area (TPSA) is 85.6 Å². The summed E-state index contributed by atoms with van der Waals surface area (Å²) in [5.74, 6) is 0.216. The van der Waals surface area contributed by atoms with Crippen LogP contribution in [0.15, 0.2) is 23.4 Å². The second kappa shape index (κ2) is 5.89. The highest BCUT2D eigenvalue weighted by Gasteiger charge is 2.28. The molecule has 9 heteroatoms. The van der Waals surface area contributed by atoms with Gasteiger partial charge in [-0.3, -0.25) is 4.79 Å². The number of nitrogens with zero attached hydrogens (tertiary/aromatic N) is 5. The van der Waals surface area contributed by atoms with E-state index in [9.17, 15) is 4.79 Å². The molecule has 4 rings (SSSR count). The fraction of sp³-hybridized carbons (Fsp3) is 0.357. The van der Waals surface area contributed by atoms with E-state index in [1.165, 1.54) is 11.8 Å². The molecule has 2 aromatic heterocycles. The molecule has 7 nitrogen and oxygen atoms in total. The molecule has 118 valence electrons. The van der Waals surface area contributed by atoms with Gasteiger partial charge < -0.3 is 5.32 Å². The molecule has 1 amide bonds. The van der Waals surface area contributed by atoms with Crippen LogP contribution in [0.5, 0.6) is 0 Å². The van der Waals surface area contributed by atoms with Crippen molar-refractivity contribution < 1.29 is 4.79 Å². The van der Waals surface area contributed by atoms with Crippen molar-refractivity contribution in [1.29, 1.82) is 0 Å². The number of tetrazole rings is 1. The zero-order valence-corrected chi connectivity index (χ0v) is 14.0. The van der Waals surface area contributed by atoms with E-state index in [-0.39, 0.29) is 11.7 Å². The summed E-state index contributed by atoms with van der Waals surface area (Å²) >= 11 is 2.98. The lowest BCUT2D eigenvalue weighted by Crippen LogP contribution is -2.14. The quantitative estimate of drug-likeness (QED) is 0.715. The summed E-state index contributed by atoms with van der Waals surface area (Å²) in [6, 6.07) is 6.16. The number of aryl methyl sites for hydroxylation is 1. The molecule has 1 saturated carbocycles. The Labute approximate surface area is 140 Å². The van der Waals surface area contributed by atoms with Crippen molar-refractivity contribution in [3.05, 3.63) is 23.2 Å². The van der Waals surface area contributed by atoms with Gasteiger partial charge in [-0.15, -0.1) is 16.4 Å². The van der Waals surface area contributed by atoms with Gasteiger partial charge in [0.2, 0.25) is 11.1 Å². The summed E-state index contributed by atoms with van der Waals surface area (Å²) in [6.45, 7) is 1.98. The summed E-state index contributed by atoms with van der Waals surface area (Å²) in [6.07, 6.45) is 2.22. The van der Waals surface area contributed by atoms with E-state index in [0.717, 1.165) is 33.8 Å². The molecule has 1 fully saturated rings. The fourth-order valence-corrected chi connectivity index (χ4v) is 3.88. The monoisotopic (exact) mass is 346 g/mol. The lowest BCUT2D eigenvalue weighted by Gasteiger charge is -2.05. The number of anilines is 1. The number of fused-ring (bicyclic) bond motifs is 1. The maximum Gasteiger partial charge on any atom is 0.234 e. The van der Waals surface area contributed by atoms with Crippen LogP contribution < -0.4 is 5.32 Å². The predicted octanol–water partition coefficient (Wildman–Crippen LogP) is 2.66. The molecular weight excluding hydrogens is 332 g/mol. The SMILES string of the molecule is Cc1nc2ccc(NC(=O)CSc3nnnn3C3CC3)cc2s1. The first-order valence-electron chi connectivity index (χ1n) is 7.27. The number of aromatic nitrogens is 5. The number of thioether (sulfide) groups is 1. The first-order valence-corrected chi connectivity index (χ1v) is 9.07. The Balaban J connectivity index is 1.39. The van der Waals surface area contributed by atoms with E-state index in [0.29, 0.717) is 11.2 Å². The van der Waals surface area contributed by atoms with Crippen molar-refractivity contribution in [2.24, 2.45) is 0 Å². The molecule has 1 aromatic carbocycles. The zero-order valence-electron chi connectivity index (χ0n) is 12.4. The first-order chi connectivity index (χ1) is 11.2. The van der Waals surface area contributed by atoms with Gasteiger partial charge in [0.1, 0.15) is 0 Å². The van der Waals surface area contributed by atoms with Gasteiger partial charge in [-0.25, -0.2) is 9.67 Å². The molecule has 0 radical (unpaired) electrons. The number of hydrogen-bond acceptors (Lipinski definition) is 7. The maximum atomic E-state index is 12.1. The molecule has 3 aromatic rings. The van der Waals surface area contributed by atoms with Crippen LogP contribution in [-0.4, -0.2) is 36.9 Å². The zero-order chi connectivity index (χ0) is 15.8. The van der Waals surface area contributed by atoms with Crippen molar-refractivity contribution in [2.45, 2.75) is 31.0 Å². The van der Waals surface area contributed by atoms with E-state index in [2.05, 4.69) is 25.8 Å². The van der Waals surface area contributed by atoms with E-state index < -0.39 is 0 Å². The smallest absolute Gasteiger partial charge is 0.234 e. The minimum Gasteiger partial charge on any atom is -0.325 e. The van der Waals surface area contributed by atoms with E-state index in [1.807, 2.05) is 29.8 Å². The summed E-state index contributed by atoms with van der Waals surface area (Å²) in [5.41, 5.74) is 1.75. The molecule has 0 spiro atoms. The van der Waals surface area contributed by atoms with Crippen molar-refractivity contribution in [2.75, 3.05) is 11.1 Å². The minimum atomic E-state index is -0.0686. The minimum absolute atomic E-state index is 0.0686. The number of benzene rings is 1. The molecule has 0 saturated heterocycles. The molecule has 1 aliphatic rings. The number of rotatable bonds is 5. The van der Waals surface area contributed by atoms with Crippen LogP contribution in [-0.2, 0) is 4.79 Å². The van der Waals surface area contributed by atoms with Crippen LogP contribution >= 0.6 is 23.1 Å². The lowest BCUT2D eigenvalue weighted by molar-refractivity contribution is -0.113. The third-order valence-electron chi connectivity index (χ3n) is 3.47. The van der Waals surface area contributed by atoms with Crippen molar-refractivity contribution in [3.63, 3.8) is 0 Å². The fourth-order valence-electron chi connectivity index (χ4n) is 2.27. The van der Waals surface area contributed by atoms with E-state index >= 15 is 0 Å². The van der Waals surface area contributed by atoms with Crippen molar-refractivity contribution >= 4 is 44.9 Å². The molecule has 1 aliphatic carbocycles. The average Bonchev–Trinajstić information content (AvgIpc) is 3.14. The molecule has 0 bridgehead atoms. The Morgan fingerprint density at radius 2 is 2.35 bits per heavy atom. The molecule has 1 N–H and O–H groups in total. The number of nitrogens with one attached hydrogen (secondary N) is 1. The summed E-state index contributed by atoms with van der Waals surface area (Å²) in [7, 11) is 0. The first kappa shape index (κ1) is 14.6. The van der Waals surface area contributed by atoms with Gasteiger partial charge in [-0.05, 0) is 48.4 Å². The van der Waals surface area contributed by atoms with Gasteiger partial charge in [-0.1, -0.05) is 11.8 Å². The highest BCUT2D eigenvalue weighted by molar-refractivity contribution is 7.99. The molecule has 0 atom stereocenters. The van der Waals surface area contributed by atoms with Gasteiger partial charge >= 0.3 is 0 Å². The lowest BCUT2D eigenvalue weighted by atomic mass is 10.3. The Hall–Kier alpha value is -2.00. The number of amides is 1. The van der Waals surface area contributed by atoms with E-state index in [4.69, 9.17) is 0 Å². The molecule has 0 unspecified atom stereocenters. The second-order valence-corrected chi connectivity index (χ2v) is 7.57. The van der Waals surface area contributed by atoms with Crippen molar-refractivity contribution in [3.8, 4) is 0 Å². The standard InChI is InChI=1S/C14H14N6OS2/c1-8-15-11-5-2-9(6-12(11)23-8)16-13(21)7-22-14-17-18-19-20(14)10-3-4-10/h2,5-6,10H,3-4,7H2,1H3,(H,16,21). The number of carbonyl (C=O) groups excluding carboxylic acids is 1. The Morgan fingerprint density at radius 3 is 3.17 bits per heavy atom. The summed E-state index contributed by atoms with van der Waals surface area (Å²) < 4.78 is 2.88. The van der Waals surface area contributed by atoms with Crippen LogP contribution in [0.1, 0.15) is 23.9 Å². The number of hydrogen-bond donors (Lipinski definition) is 1. The summed E-state index contributed by atoms with van der Waals surface area (Å²) in [5, 5.41) is 16.3. The van der Waals surface area contributed by atoms with Crippen LogP contribution in [0.2, 0.25) is 0 Å². The predicted molar refractivity (Wildman–Crippen MR) is 89.8 cm³/mol. The average molecular weight is 346 g/mol. The van der Waals surface area contributed by atoms with Gasteiger partial charge in [0.25, 0.3) is 0 Å². The normalized spacial score (nSPS) is 14.3. The van der Waals surface area contributed by atoms with Gasteiger partial charge in [0, 0.05) is 5.69 Å².